The van der Waals surface area contributed by atoms with Crippen LogP contribution in [0.5, 0.6) is 0 Å². The van der Waals surface area contributed by atoms with Crippen molar-refractivity contribution in [3.05, 3.63) is 46.6 Å². The van der Waals surface area contributed by atoms with Crippen molar-refractivity contribution in [3.63, 3.8) is 0 Å². The number of imidazole rings is 1. The van der Waals surface area contributed by atoms with Crippen LogP contribution in [0.15, 0.2) is 30.5 Å². The summed E-state index contributed by atoms with van der Waals surface area (Å²) < 4.78 is 7.02. The van der Waals surface area contributed by atoms with Crippen LogP contribution < -0.4 is 0 Å². The van der Waals surface area contributed by atoms with Gasteiger partial charge in [-0.25, -0.2) is 9.78 Å². The van der Waals surface area contributed by atoms with Gasteiger partial charge in [0.05, 0.1) is 12.3 Å². The lowest BCUT2D eigenvalue weighted by Gasteiger charge is -2.00. The van der Waals surface area contributed by atoms with E-state index in [2.05, 4.69) is 24.0 Å². The Labute approximate surface area is 127 Å². The van der Waals surface area contributed by atoms with Crippen LogP contribution in [0.1, 0.15) is 27.9 Å². The number of carbonyl (C=O) groups is 1. The van der Waals surface area contributed by atoms with Gasteiger partial charge in [-0.05, 0) is 26.8 Å². The second-order valence-corrected chi connectivity index (χ2v) is 5.86. The molecule has 0 saturated carbocycles. The van der Waals surface area contributed by atoms with Crippen molar-refractivity contribution in [2.24, 2.45) is 0 Å². The molecular formula is C16H16N2O2S. The van der Waals surface area contributed by atoms with Crippen LogP contribution in [0, 0.1) is 13.8 Å². The summed E-state index contributed by atoms with van der Waals surface area (Å²) in [6.07, 6.45) is 1.97. The molecule has 2 aromatic heterocycles. The molecule has 0 aliphatic carbocycles. The molecule has 4 nitrogen and oxygen atoms in total. The molecule has 0 aliphatic heterocycles. The van der Waals surface area contributed by atoms with Gasteiger partial charge in [0, 0.05) is 17.5 Å². The van der Waals surface area contributed by atoms with Crippen LogP contribution in [-0.4, -0.2) is 22.0 Å². The van der Waals surface area contributed by atoms with Crippen LogP contribution in [0.3, 0.4) is 0 Å². The number of fused-ring (bicyclic) bond motifs is 1. The Morgan fingerprint density at radius 2 is 2.19 bits per heavy atom. The lowest BCUT2D eigenvalue weighted by molar-refractivity contribution is 0.0531. The lowest BCUT2D eigenvalue weighted by Crippen LogP contribution is -2.04. The van der Waals surface area contributed by atoms with E-state index >= 15 is 0 Å². The van der Waals surface area contributed by atoms with Crippen LogP contribution in [0.2, 0.25) is 0 Å². The number of thiazole rings is 1. The quantitative estimate of drug-likeness (QED) is 0.690. The predicted octanol–water partition coefficient (Wildman–Crippen LogP) is 3.86. The van der Waals surface area contributed by atoms with Crippen molar-refractivity contribution < 1.29 is 9.53 Å². The highest BCUT2D eigenvalue weighted by atomic mass is 32.1. The van der Waals surface area contributed by atoms with Gasteiger partial charge < -0.3 is 4.74 Å². The molecule has 0 radical (unpaired) electrons. The number of carbonyl (C=O) groups excluding carboxylic acids is 1. The fraction of sp³-hybridized carbons (Fsp3) is 0.250. The zero-order chi connectivity index (χ0) is 15.0. The Kier molecular flexibility index (Phi) is 3.51. The van der Waals surface area contributed by atoms with E-state index in [4.69, 9.17) is 4.74 Å². The molecule has 0 unspecified atom stereocenters. The van der Waals surface area contributed by atoms with Crippen molar-refractivity contribution in [3.8, 4) is 11.3 Å². The van der Waals surface area contributed by atoms with Crippen molar-refractivity contribution in [2.75, 3.05) is 6.61 Å². The number of aryl methyl sites for hydroxylation is 2. The standard InChI is InChI=1S/C16H16N2O2S/c1-4-20-15(19)14-11(3)18-9-13(17-16(18)21-14)12-7-5-6-10(2)8-12/h5-9H,4H2,1-3H3. The molecule has 0 spiro atoms. The molecule has 0 saturated heterocycles. The molecule has 0 N–H and O–H groups in total. The molecule has 108 valence electrons. The largest absolute Gasteiger partial charge is 0.462 e. The third-order valence-corrected chi connectivity index (χ3v) is 4.47. The van der Waals surface area contributed by atoms with E-state index in [9.17, 15) is 4.79 Å². The molecule has 0 fully saturated rings. The van der Waals surface area contributed by atoms with Gasteiger partial charge in [0.2, 0.25) is 0 Å². The summed E-state index contributed by atoms with van der Waals surface area (Å²) in [4.78, 5) is 17.9. The molecule has 2 heterocycles. The molecule has 0 atom stereocenters. The van der Waals surface area contributed by atoms with E-state index in [1.165, 1.54) is 16.9 Å². The monoisotopic (exact) mass is 300 g/mol. The number of rotatable bonds is 3. The first-order chi connectivity index (χ1) is 10.1. The Morgan fingerprint density at radius 3 is 2.86 bits per heavy atom. The molecule has 21 heavy (non-hydrogen) atoms. The topological polar surface area (TPSA) is 43.6 Å². The Morgan fingerprint density at radius 1 is 1.38 bits per heavy atom. The highest BCUT2D eigenvalue weighted by Crippen LogP contribution is 2.27. The maximum absolute atomic E-state index is 11.9. The number of benzene rings is 1. The Hall–Kier alpha value is -2.14. The second kappa shape index (κ2) is 5.33. The summed E-state index contributed by atoms with van der Waals surface area (Å²) >= 11 is 1.37. The summed E-state index contributed by atoms with van der Waals surface area (Å²) in [6, 6.07) is 8.23. The van der Waals surface area contributed by atoms with E-state index in [-0.39, 0.29) is 5.97 Å². The van der Waals surface area contributed by atoms with Crippen molar-refractivity contribution in [1.82, 2.24) is 9.38 Å². The number of esters is 1. The third-order valence-electron chi connectivity index (χ3n) is 3.33. The summed E-state index contributed by atoms with van der Waals surface area (Å²) in [7, 11) is 0. The molecule has 3 rings (SSSR count). The van der Waals surface area contributed by atoms with Crippen LogP contribution >= 0.6 is 11.3 Å². The highest BCUT2D eigenvalue weighted by molar-refractivity contribution is 7.19. The molecule has 0 bridgehead atoms. The molecule has 0 amide bonds. The van der Waals surface area contributed by atoms with Gasteiger partial charge in [-0.1, -0.05) is 35.1 Å². The van der Waals surface area contributed by atoms with Gasteiger partial charge in [-0.15, -0.1) is 0 Å². The van der Waals surface area contributed by atoms with E-state index in [0.717, 1.165) is 21.9 Å². The fourth-order valence-electron chi connectivity index (χ4n) is 2.28. The van der Waals surface area contributed by atoms with Crippen LogP contribution in [0.4, 0.5) is 0 Å². The van der Waals surface area contributed by atoms with Gasteiger partial charge in [0.25, 0.3) is 0 Å². The van der Waals surface area contributed by atoms with E-state index in [0.29, 0.717) is 11.5 Å². The minimum Gasteiger partial charge on any atom is -0.462 e. The summed E-state index contributed by atoms with van der Waals surface area (Å²) in [6.45, 7) is 6.16. The SMILES string of the molecule is CCOC(=O)c1sc2nc(-c3cccc(C)c3)cn2c1C. The number of hydrogen-bond donors (Lipinski definition) is 0. The summed E-state index contributed by atoms with van der Waals surface area (Å²) in [5.74, 6) is -0.275. The van der Waals surface area contributed by atoms with Crippen molar-refractivity contribution in [1.29, 1.82) is 0 Å². The zero-order valence-electron chi connectivity index (χ0n) is 12.2. The maximum atomic E-state index is 11.9. The minimum absolute atomic E-state index is 0.275. The molecule has 3 aromatic rings. The minimum atomic E-state index is -0.275. The van der Waals surface area contributed by atoms with Crippen LogP contribution in [-0.2, 0) is 4.74 Å². The number of nitrogens with zero attached hydrogens (tertiary/aromatic N) is 2. The van der Waals surface area contributed by atoms with Crippen LogP contribution in [0.25, 0.3) is 16.2 Å². The second-order valence-electron chi connectivity index (χ2n) is 4.89. The average molecular weight is 300 g/mol. The normalized spacial score (nSPS) is 11.0. The smallest absolute Gasteiger partial charge is 0.350 e. The van der Waals surface area contributed by atoms with Gasteiger partial charge in [-0.3, -0.25) is 4.40 Å². The number of aromatic nitrogens is 2. The lowest BCUT2D eigenvalue weighted by atomic mass is 10.1. The molecular weight excluding hydrogens is 284 g/mol. The fourth-order valence-corrected chi connectivity index (χ4v) is 3.28. The van der Waals surface area contributed by atoms with E-state index in [1.54, 1.807) is 0 Å². The van der Waals surface area contributed by atoms with Gasteiger partial charge in [-0.2, -0.15) is 0 Å². The number of ether oxygens (including phenoxy) is 1. The first kappa shape index (κ1) is 13.8. The first-order valence-corrected chi connectivity index (χ1v) is 7.64. The average Bonchev–Trinajstić information content (AvgIpc) is 2.99. The first-order valence-electron chi connectivity index (χ1n) is 6.82. The summed E-state index contributed by atoms with van der Waals surface area (Å²) in [5.41, 5.74) is 4.08. The van der Waals surface area contributed by atoms with Gasteiger partial charge >= 0.3 is 5.97 Å². The maximum Gasteiger partial charge on any atom is 0.350 e. The molecule has 5 heteroatoms. The van der Waals surface area contributed by atoms with Crippen molar-refractivity contribution >= 4 is 22.3 Å². The van der Waals surface area contributed by atoms with Crippen molar-refractivity contribution in [2.45, 2.75) is 20.8 Å². The van der Waals surface area contributed by atoms with E-state index in [1.807, 2.05) is 36.6 Å². The molecule has 0 aliphatic rings. The third kappa shape index (κ3) is 2.45. The predicted molar refractivity (Wildman–Crippen MR) is 83.9 cm³/mol. The van der Waals surface area contributed by atoms with E-state index < -0.39 is 0 Å². The molecule has 1 aromatic carbocycles. The Balaban J connectivity index is 2.05. The highest BCUT2D eigenvalue weighted by Gasteiger charge is 2.18. The Bertz CT molecular complexity index is 817. The number of hydrogen-bond acceptors (Lipinski definition) is 4. The zero-order valence-corrected chi connectivity index (χ0v) is 13.0. The van der Waals surface area contributed by atoms with Gasteiger partial charge in [0.15, 0.2) is 4.96 Å². The van der Waals surface area contributed by atoms with Gasteiger partial charge in [0.1, 0.15) is 4.88 Å². The summed E-state index contributed by atoms with van der Waals surface area (Å²) in [5, 5.41) is 0.